The Labute approximate surface area is 136 Å². The van der Waals surface area contributed by atoms with Crippen LogP contribution in [0.4, 0.5) is 0 Å². The minimum absolute atomic E-state index is 0.0982. The lowest BCUT2D eigenvalue weighted by Gasteiger charge is -2.29. The molecule has 1 heterocycles. The number of phenols is 1. The molecule has 114 valence electrons. The van der Waals surface area contributed by atoms with Crippen LogP contribution in [0.1, 0.15) is 17.3 Å². The van der Waals surface area contributed by atoms with E-state index >= 15 is 0 Å². The molecule has 1 unspecified atom stereocenters. The van der Waals surface area contributed by atoms with Crippen LogP contribution < -0.4 is 5.32 Å². The van der Waals surface area contributed by atoms with Crippen molar-refractivity contribution in [2.75, 3.05) is 26.3 Å². The summed E-state index contributed by atoms with van der Waals surface area (Å²) in [5.74, 6) is -0.698. The minimum Gasteiger partial charge on any atom is -0.507 e. The van der Waals surface area contributed by atoms with Crippen molar-refractivity contribution in [3.05, 3.63) is 27.3 Å². The van der Waals surface area contributed by atoms with E-state index in [1.807, 2.05) is 0 Å². The van der Waals surface area contributed by atoms with Crippen molar-refractivity contribution in [2.45, 2.75) is 13.0 Å². The lowest BCUT2D eigenvalue weighted by atomic mass is 10.1. The first-order chi connectivity index (χ1) is 9.99. The normalized spacial score (nSPS) is 16.4. The maximum Gasteiger partial charge on any atom is 0.255 e. The number of rotatable bonds is 3. The molecule has 2 N–H and O–H groups in total. The van der Waals surface area contributed by atoms with Crippen molar-refractivity contribution < 1.29 is 19.4 Å². The van der Waals surface area contributed by atoms with Gasteiger partial charge in [0.1, 0.15) is 11.8 Å². The Balaban J connectivity index is 2.01. The maximum absolute atomic E-state index is 12.2. The van der Waals surface area contributed by atoms with Crippen molar-refractivity contribution in [1.82, 2.24) is 10.2 Å². The fraction of sp³-hybridized carbons (Fsp3) is 0.429. The second-order valence-corrected chi connectivity index (χ2v) is 6.04. The molecule has 1 fully saturated rings. The number of phenolic OH excluding ortho intramolecular Hbond substituents is 1. The lowest BCUT2D eigenvalue weighted by Crippen LogP contribution is -2.50. The van der Waals surface area contributed by atoms with Crippen LogP contribution in [0.25, 0.3) is 0 Å². The molecule has 0 spiro atoms. The molecule has 1 aromatic carbocycles. The van der Waals surface area contributed by atoms with Crippen LogP contribution in [-0.2, 0) is 9.53 Å². The van der Waals surface area contributed by atoms with E-state index in [9.17, 15) is 14.7 Å². The number of carbonyl (C=O) groups excluding carboxylic acids is 2. The van der Waals surface area contributed by atoms with Gasteiger partial charge in [-0.2, -0.15) is 0 Å². The van der Waals surface area contributed by atoms with E-state index in [0.29, 0.717) is 26.3 Å². The van der Waals surface area contributed by atoms with E-state index < -0.39 is 11.9 Å². The highest BCUT2D eigenvalue weighted by atomic mass is 127. The number of morpholine rings is 1. The standard InChI is InChI=1S/C14H17IN2O4/c1-9(14(20)17-4-6-21-7-5-17)16-13(19)11-8-10(15)2-3-12(11)18/h2-3,8-9,18H,4-7H2,1H3,(H,16,19). The summed E-state index contributed by atoms with van der Waals surface area (Å²) in [6, 6.07) is 4.10. The van der Waals surface area contributed by atoms with Crippen molar-refractivity contribution in [2.24, 2.45) is 0 Å². The van der Waals surface area contributed by atoms with Gasteiger partial charge in [-0.05, 0) is 47.7 Å². The Morgan fingerprint density at radius 3 is 2.71 bits per heavy atom. The van der Waals surface area contributed by atoms with Gasteiger partial charge in [0, 0.05) is 16.7 Å². The second-order valence-electron chi connectivity index (χ2n) is 4.79. The third-order valence-corrected chi connectivity index (χ3v) is 3.92. The van der Waals surface area contributed by atoms with Gasteiger partial charge in [-0.15, -0.1) is 0 Å². The Hall–Kier alpha value is -1.35. The van der Waals surface area contributed by atoms with E-state index in [0.717, 1.165) is 3.57 Å². The van der Waals surface area contributed by atoms with Gasteiger partial charge < -0.3 is 20.1 Å². The first-order valence-corrected chi connectivity index (χ1v) is 7.73. The van der Waals surface area contributed by atoms with Crippen molar-refractivity contribution in [3.63, 3.8) is 0 Å². The van der Waals surface area contributed by atoms with E-state index in [1.165, 1.54) is 6.07 Å². The summed E-state index contributed by atoms with van der Waals surface area (Å²) in [6.07, 6.45) is 0. The van der Waals surface area contributed by atoms with Gasteiger partial charge in [-0.1, -0.05) is 0 Å². The summed E-state index contributed by atoms with van der Waals surface area (Å²) < 4.78 is 6.03. The zero-order valence-electron chi connectivity index (χ0n) is 11.6. The van der Waals surface area contributed by atoms with Gasteiger partial charge in [-0.25, -0.2) is 0 Å². The molecule has 6 nitrogen and oxygen atoms in total. The van der Waals surface area contributed by atoms with Crippen LogP contribution in [0.3, 0.4) is 0 Å². The summed E-state index contributed by atoms with van der Waals surface area (Å²) in [7, 11) is 0. The Kier molecular flexibility index (Phi) is 5.40. The van der Waals surface area contributed by atoms with Gasteiger partial charge >= 0.3 is 0 Å². The number of hydrogen-bond acceptors (Lipinski definition) is 4. The maximum atomic E-state index is 12.2. The molecule has 0 aliphatic carbocycles. The van der Waals surface area contributed by atoms with E-state index in [4.69, 9.17) is 4.74 Å². The highest BCUT2D eigenvalue weighted by Gasteiger charge is 2.24. The van der Waals surface area contributed by atoms with Crippen LogP contribution >= 0.6 is 22.6 Å². The van der Waals surface area contributed by atoms with Crippen LogP contribution in [-0.4, -0.2) is 54.2 Å². The molecule has 1 aliphatic rings. The summed E-state index contributed by atoms with van der Waals surface area (Å²) in [5.41, 5.74) is 0.170. The average Bonchev–Trinajstić information content (AvgIpc) is 2.49. The molecule has 7 heteroatoms. The summed E-state index contributed by atoms with van der Waals surface area (Å²) in [5, 5.41) is 12.4. The van der Waals surface area contributed by atoms with E-state index in [1.54, 1.807) is 24.0 Å². The predicted molar refractivity (Wildman–Crippen MR) is 85.2 cm³/mol. The number of benzene rings is 1. The topological polar surface area (TPSA) is 78.9 Å². The quantitative estimate of drug-likeness (QED) is 0.737. The molecule has 0 aromatic heterocycles. The molecule has 1 saturated heterocycles. The van der Waals surface area contributed by atoms with Crippen molar-refractivity contribution >= 4 is 34.4 Å². The number of carbonyl (C=O) groups is 2. The molecule has 0 radical (unpaired) electrons. The zero-order valence-corrected chi connectivity index (χ0v) is 13.8. The largest absolute Gasteiger partial charge is 0.507 e. The molecule has 21 heavy (non-hydrogen) atoms. The number of aromatic hydroxyl groups is 1. The van der Waals surface area contributed by atoms with Crippen molar-refractivity contribution in [3.8, 4) is 5.75 Å². The molecule has 0 saturated carbocycles. The highest BCUT2D eigenvalue weighted by Crippen LogP contribution is 2.19. The third kappa shape index (κ3) is 4.07. The molecule has 1 atom stereocenters. The monoisotopic (exact) mass is 404 g/mol. The molecule has 2 amide bonds. The zero-order chi connectivity index (χ0) is 15.4. The van der Waals surface area contributed by atoms with Crippen molar-refractivity contribution in [1.29, 1.82) is 0 Å². The average molecular weight is 404 g/mol. The first kappa shape index (κ1) is 16.0. The summed E-state index contributed by atoms with van der Waals surface area (Å²) >= 11 is 2.06. The van der Waals surface area contributed by atoms with Gasteiger partial charge in [0.25, 0.3) is 5.91 Å². The SMILES string of the molecule is CC(NC(=O)c1cc(I)ccc1O)C(=O)N1CCOCC1. The second kappa shape index (κ2) is 7.08. The predicted octanol–water partition coefficient (Wildman–Crippen LogP) is 0.974. The minimum atomic E-state index is -0.645. The Morgan fingerprint density at radius 1 is 1.38 bits per heavy atom. The Bertz CT molecular complexity index is 544. The smallest absolute Gasteiger partial charge is 0.255 e. The number of ether oxygens (including phenoxy) is 1. The van der Waals surface area contributed by atoms with Gasteiger partial charge in [0.2, 0.25) is 5.91 Å². The van der Waals surface area contributed by atoms with Crippen LogP contribution in [0.5, 0.6) is 5.75 Å². The van der Waals surface area contributed by atoms with Crippen LogP contribution in [0.2, 0.25) is 0 Å². The molecule has 2 rings (SSSR count). The first-order valence-electron chi connectivity index (χ1n) is 6.65. The Morgan fingerprint density at radius 2 is 2.05 bits per heavy atom. The fourth-order valence-corrected chi connectivity index (χ4v) is 2.58. The van der Waals surface area contributed by atoms with Gasteiger partial charge in [0.05, 0.1) is 18.8 Å². The molecule has 1 aliphatic heterocycles. The number of nitrogens with zero attached hydrogens (tertiary/aromatic N) is 1. The van der Waals surface area contributed by atoms with Gasteiger partial charge in [0.15, 0.2) is 0 Å². The number of nitrogens with one attached hydrogen (secondary N) is 1. The van der Waals surface area contributed by atoms with E-state index in [-0.39, 0.29) is 17.2 Å². The molecule has 1 aromatic rings. The number of amides is 2. The summed E-state index contributed by atoms with van der Waals surface area (Å²) in [6.45, 7) is 3.75. The third-order valence-electron chi connectivity index (χ3n) is 3.24. The summed E-state index contributed by atoms with van der Waals surface area (Å²) in [4.78, 5) is 26.0. The van der Waals surface area contributed by atoms with Crippen LogP contribution in [0, 0.1) is 3.57 Å². The van der Waals surface area contributed by atoms with E-state index in [2.05, 4.69) is 27.9 Å². The molecular weight excluding hydrogens is 387 g/mol. The molecular formula is C14H17IN2O4. The molecule has 0 bridgehead atoms. The lowest BCUT2D eigenvalue weighted by molar-refractivity contribution is -0.136. The fourth-order valence-electron chi connectivity index (χ4n) is 2.08. The number of hydrogen-bond donors (Lipinski definition) is 2. The van der Waals surface area contributed by atoms with Gasteiger partial charge in [-0.3, -0.25) is 9.59 Å². The number of halogens is 1. The highest BCUT2D eigenvalue weighted by molar-refractivity contribution is 14.1. The van der Waals surface area contributed by atoms with Crippen LogP contribution in [0.15, 0.2) is 18.2 Å².